The first-order valence-corrected chi connectivity index (χ1v) is 9.97. The van der Waals surface area contributed by atoms with Crippen molar-refractivity contribution >= 4 is 45.6 Å². The third-order valence-corrected chi connectivity index (χ3v) is 5.14. The molecule has 0 unspecified atom stereocenters. The van der Waals surface area contributed by atoms with Crippen molar-refractivity contribution in [3.63, 3.8) is 0 Å². The van der Waals surface area contributed by atoms with Crippen LogP contribution in [0.4, 0.5) is 11.4 Å². The monoisotopic (exact) mass is 430 g/mol. The number of rotatable bonds is 5. The quantitative estimate of drug-likeness (QED) is 0.407. The van der Waals surface area contributed by atoms with Crippen molar-refractivity contribution < 1.29 is 14.3 Å². The van der Waals surface area contributed by atoms with Gasteiger partial charge in [-0.1, -0.05) is 54.1 Å². The average molecular weight is 431 g/mol. The molecule has 5 nitrogen and oxygen atoms in total. The summed E-state index contributed by atoms with van der Waals surface area (Å²) in [5.41, 5.74) is 1.87. The van der Waals surface area contributed by atoms with Gasteiger partial charge in [0.1, 0.15) is 5.75 Å². The molecule has 0 radical (unpaired) electrons. The highest BCUT2D eigenvalue weighted by molar-refractivity contribution is 6.34. The van der Waals surface area contributed by atoms with E-state index in [2.05, 4.69) is 10.6 Å². The summed E-state index contributed by atoms with van der Waals surface area (Å²) in [4.78, 5) is 25.4. The molecule has 0 saturated carbocycles. The van der Waals surface area contributed by atoms with E-state index in [1.165, 1.54) is 7.11 Å². The topological polar surface area (TPSA) is 67.4 Å². The average Bonchev–Trinajstić information content (AvgIpc) is 2.78. The summed E-state index contributed by atoms with van der Waals surface area (Å²) >= 11 is 6.09. The van der Waals surface area contributed by atoms with Crippen LogP contribution in [0.1, 0.15) is 20.7 Å². The maximum atomic E-state index is 12.9. The van der Waals surface area contributed by atoms with Crippen molar-refractivity contribution in [1.82, 2.24) is 0 Å². The van der Waals surface area contributed by atoms with Crippen LogP contribution in [0.3, 0.4) is 0 Å². The van der Waals surface area contributed by atoms with Gasteiger partial charge in [-0.2, -0.15) is 0 Å². The molecular formula is C25H19ClN2O3. The number of nitrogens with one attached hydrogen (secondary N) is 2. The summed E-state index contributed by atoms with van der Waals surface area (Å²) < 4.78 is 5.42. The summed E-state index contributed by atoms with van der Waals surface area (Å²) in [7, 11) is 1.53. The molecule has 154 valence electrons. The van der Waals surface area contributed by atoms with Gasteiger partial charge in [-0.25, -0.2) is 0 Å². The Morgan fingerprint density at radius 1 is 0.710 bits per heavy atom. The van der Waals surface area contributed by atoms with Crippen LogP contribution in [0.2, 0.25) is 5.02 Å². The predicted octanol–water partition coefficient (Wildman–Crippen LogP) is 6.01. The highest BCUT2D eigenvalue weighted by atomic mass is 35.5. The number of anilines is 2. The van der Waals surface area contributed by atoms with Crippen LogP contribution in [0.5, 0.6) is 5.75 Å². The first-order chi connectivity index (χ1) is 15.0. The minimum absolute atomic E-state index is 0.308. The molecule has 0 bridgehead atoms. The third kappa shape index (κ3) is 4.52. The van der Waals surface area contributed by atoms with Gasteiger partial charge in [0.25, 0.3) is 11.8 Å². The van der Waals surface area contributed by atoms with Gasteiger partial charge in [0.05, 0.1) is 23.3 Å². The van der Waals surface area contributed by atoms with Crippen LogP contribution in [0, 0.1) is 0 Å². The fourth-order valence-corrected chi connectivity index (χ4v) is 3.50. The van der Waals surface area contributed by atoms with Gasteiger partial charge in [0, 0.05) is 11.4 Å². The van der Waals surface area contributed by atoms with Crippen molar-refractivity contribution in [1.29, 1.82) is 0 Å². The molecule has 6 heteroatoms. The Labute approximate surface area is 184 Å². The molecule has 0 spiro atoms. The second kappa shape index (κ2) is 8.90. The van der Waals surface area contributed by atoms with E-state index in [0.29, 0.717) is 33.3 Å². The zero-order valence-electron chi connectivity index (χ0n) is 16.7. The van der Waals surface area contributed by atoms with E-state index >= 15 is 0 Å². The number of fused-ring (bicyclic) bond motifs is 1. The lowest BCUT2D eigenvalue weighted by Crippen LogP contribution is -2.15. The van der Waals surface area contributed by atoms with Crippen molar-refractivity contribution in [3.05, 3.63) is 101 Å². The van der Waals surface area contributed by atoms with Crippen LogP contribution < -0.4 is 15.4 Å². The van der Waals surface area contributed by atoms with Crippen LogP contribution in [-0.2, 0) is 0 Å². The predicted molar refractivity (Wildman–Crippen MR) is 124 cm³/mol. The van der Waals surface area contributed by atoms with E-state index in [0.717, 1.165) is 10.8 Å². The summed E-state index contributed by atoms with van der Waals surface area (Å²) in [5, 5.41) is 7.96. The Morgan fingerprint density at radius 3 is 1.94 bits per heavy atom. The molecule has 0 fully saturated rings. The van der Waals surface area contributed by atoms with E-state index in [-0.39, 0.29) is 11.8 Å². The van der Waals surface area contributed by atoms with Gasteiger partial charge >= 0.3 is 0 Å². The van der Waals surface area contributed by atoms with Gasteiger partial charge in [0.2, 0.25) is 0 Å². The number of amides is 2. The molecule has 0 aromatic heterocycles. The van der Waals surface area contributed by atoms with Crippen LogP contribution in [0.15, 0.2) is 84.9 Å². The second-order valence-electron chi connectivity index (χ2n) is 6.87. The molecule has 2 amide bonds. The number of hydrogen-bond donors (Lipinski definition) is 2. The van der Waals surface area contributed by atoms with Gasteiger partial charge in [-0.15, -0.1) is 0 Å². The second-order valence-corrected chi connectivity index (χ2v) is 7.28. The summed E-state index contributed by atoms with van der Waals surface area (Å²) in [6.45, 7) is 0. The minimum Gasteiger partial charge on any atom is -0.496 e. The first-order valence-electron chi connectivity index (χ1n) is 9.59. The molecule has 4 aromatic carbocycles. The van der Waals surface area contributed by atoms with E-state index in [4.69, 9.17) is 16.3 Å². The van der Waals surface area contributed by atoms with E-state index in [9.17, 15) is 9.59 Å². The number of methoxy groups -OCH3 is 1. The van der Waals surface area contributed by atoms with E-state index < -0.39 is 0 Å². The largest absolute Gasteiger partial charge is 0.496 e. The fourth-order valence-electron chi connectivity index (χ4n) is 3.28. The van der Waals surface area contributed by atoms with E-state index in [1.807, 2.05) is 30.3 Å². The number of halogens is 1. The fraction of sp³-hybridized carbons (Fsp3) is 0.0400. The van der Waals surface area contributed by atoms with Gasteiger partial charge in [0.15, 0.2) is 0 Å². The molecule has 0 aliphatic rings. The van der Waals surface area contributed by atoms with Crippen LogP contribution in [-0.4, -0.2) is 18.9 Å². The lowest BCUT2D eigenvalue weighted by molar-refractivity contribution is 0.101. The van der Waals surface area contributed by atoms with Crippen molar-refractivity contribution in [2.24, 2.45) is 0 Å². The standard InChI is InChI=1S/C25H19ClN2O3/c1-31-23-14-17-8-3-2-7-16(17)13-21(23)25(30)28-19-10-6-9-18(15-19)27-24(29)20-11-4-5-12-22(20)26/h2-15H,1H3,(H,27,29)(H,28,30). The Morgan fingerprint density at radius 2 is 1.29 bits per heavy atom. The van der Waals surface area contributed by atoms with Crippen molar-refractivity contribution in [2.45, 2.75) is 0 Å². The zero-order valence-corrected chi connectivity index (χ0v) is 17.4. The molecule has 0 saturated heterocycles. The highest BCUT2D eigenvalue weighted by Gasteiger charge is 2.15. The Balaban J connectivity index is 1.55. The van der Waals surface area contributed by atoms with Crippen LogP contribution >= 0.6 is 11.6 Å². The molecule has 4 rings (SSSR count). The molecule has 0 heterocycles. The zero-order chi connectivity index (χ0) is 21.8. The number of carbonyl (C=O) groups is 2. The van der Waals surface area contributed by atoms with Crippen molar-refractivity contribution in [3.8, 4) is 5.75 Å². The highest BCUT2D eigenvalue weighted by Crippen LogP contribution is 2.27. The molecule has 0 aliphatic carbocycles. The molecule has 0 atom stereocenters. The van der Waals surface area contributed by atoms with Crippen molar-refractivity contribution in [2.75, 3.05) is 17.7 Å². The number of ether oxygens (including phenoxy) is 1. The van der Waals surface area contributed by atoms with E-state index in [1.54, 1.807) is 54.6 Å². The Hall–Kier alpha value is -3.83. The molecule has 2 N–H and O–H groups in total. The minimum atomic E-state index is -0.328. The molecule has 4 aromatic rings. The number of hydrogen-bond acceptors (Lipinski definition) is 3. The van der Waals surface area contributed by atoms with Crippen LogP contribution in [0.25, 0.3) is 10.8 Å². The normalized spacial score (nSPS) is 10.5. The number of benzene rings is 4. The Kier molecular flexibility index (Phi) is 5.87. The SMILES string of the molecule is COc1cc2ccccc2cc1C(=O)Nc1cccc(NC(=O)c2ccccc2Cl)c1. The summed E-state index contributed by atoms with van der Waals surface area (Å²) in [5.74, 6) is -0.151. The molecule has 0 aliphatic heterocycles. The molecular weight excluding hydrogens is 412 g/mol. The lowest BCUT2D eigenvalue weighted by atomic mass is 10.1. The van der Waals surface area contributed by atoms with Gasteiger partial charge in [-0.05, 0) is 53.2 Å². The maximum absolute atomic E-state index is 12.9. The summed E-state index contributed by atoms with van der Waals surface area (Å²) in [6.07, 6.45) is 0. The van der Waals surface area contributed by atoms with Gasteiger partial charge in [-0.3, -0.25) is 9.59 Å². The molecule has 31 heavy (non-hydrogen) atoms. The number of carbonyl (C=O) groups excluding carboxylic acids is 2. The lowest BCUT2D eigenvalue weighted by Gasteiger charge is -2.12. The maximum Gasteiger partial charge on any atom is 0.259 e. The van der Waals surface area contributed by atoms with Gasteiger partial charge < -0.3 is 15.4 Å². The smallest absolute Gasteiger partial charge is 0.259 e. The third-order valence-electron chi connectivity index (χ3n) is 4.81. The first kappa shape index (κ1) is 20.4. The summed E-state index contributed by atoms with van der Waals surface area (Å²) in [6, 6.07) is 25.1. The Bertz CT molecular complexity index is 1290.